The van der Waals surface area contributed by atoms with Crippen LogP contribution >= 0.6 is 0 Å². The Balaban J connectivity index is 1.57. The second-order valence-corrected chi connectivity index (χ2v) is 7.44. The Morgan fingerprint density at radius 3 is 2.25 bits per heavy atom. The van der Waals surface area contributed by atoms with Gasteiger partial charge in [-0.05, 0) is 79.4 Å². The molecule has 0 amide bonds. The van der Waals surface area contributed by atoms with Gasteiger partial charge in [0, 0.05) is 0 Å². The molecule has 5 fully saturated rings. The summed E-state index contributed by atoms with van der Waals surface area (Å²) in [7, 11) is 0. The van der Waals surface area contributed by atoms with Crippen LogP contribution < -0.4 is 0 Å². The molecule has 1 nitrogen and oxygen atoms in total. The van der Waals surface area contributed by atoms with Crippen molar-refractivity contribution in [2.45, 2.75) is 44.6 Å². The van der Waals surface area contributed by atoms with Gasteiger partial charge in [0.25, 0.3) is 0 Å². The summed E-state index contributed by atoms with van der Waals surface area (Å²) in [5, 5.41) is 10.1. The predicted molar refractivity (Wildman–Crippen MR) is 61.6 cm³/mol. The molecule has 0 aliphatic heterocycles. The van der Waals surface area contributed by atoms with Gasteiger partial charge in [-0.1, -0.05) is 6.42 Å². The molecule has 0 aromatic carbocycles. The molecule has 0 saturated heterocycles. The van der Waals surface area contributed by atoms with Crippen LogP contribution in [-0.2, 0) is 0 Å². The van der Waals surface area contributed by atoms with Crippen LogP contribution in [0.15, 0.2) is 0 Å². The minimum atomic E-state index is 0.0884. The fourth-order valence-electron chi connectivity index (χ4n) is 7.28. The number of rotatable bonds is 0. The van der Waals surface area contributed by atoms with Gasteiger partial charge >= 0.3 is 0 Å². The highest BCUT2D eigenvalue weighted by Gasteiger charge is 2.67. The summed E-state index contributed by atoms with van der Waals surface area (Å²) >= 11 is 0. The molecule has 88 valence electrons. The lowest BCUT2D eigenvalue weighted by Crippen LogP contribution is -2.40. The highest BCUT2D eigenvalue weighted by atomic mass is 16.3. The molecule has 0 spiro atoms. The van der Waals surface area contributed by atoms with E-state index in [0.29, 0.717) is 0 Å². The van der Waals surface area contributed by atoms with E-state index in [2.05, 4.69) is 0 Å². The first kappa shape index (κ1) is 8.97. The van der Waals surface area contributed by atoms with E-state index in [0.717, 1.165) is 53.8 Å². The average Bonchev–Trinajstić information content (AvgIpc) is 2.99. The van der Waals surface area contributed by atoms with E-state index in [1.165, 1.54) is 19.3 Å². The minimum Gasteiger partial charge on any atom is -0.393 e. The molecule has 5 aliphatic carbocycles. The largest absolute Gasteiger partial charge is 0.393 e. The van der Waals surface area contributed by atoms with Crippen molar-refractivity contribution < 1.29 is 5.11 Å². The van der Waals surface area contributed by atoms with Gasteiger partial charge in [-0.15, -0.1) is 0 Å². The molecule has 5 aliphatic rings. The Labute approximate surface area is 97.6 Å². The SMILES string of the molecule is O[C@H]1C[C@H]2C[C@@H]1C1C2[C@H]2C[C@@H]1[C@H]1CCC[C@H]12. The van der Waals surface area contributed by atoms with Crippen molar-refractivity contribution in [1.82, 2.24) is 0 Å². The van der Waals surface area contributed by atoms with Crippen molar-refractivity contribution in [3.05, 3.63) is 0 Å². The summed E-state index contributed by atoms with van der Waals surface area (Å²) in [6.07, 6.45) is 8.79. The molecule has 0 aromatic rings. The molecule has 5 saturated carbocycles. The maximum absolute atomic E-state index is 10.1. The zero-order valence-electron chi connectivity index (χ0n) is 9.89. The number of hydrogen-bond donors (Lipinski definition) is 1. The monoisotopic (exact) mass is 218 g/mol. The summed E-state index contributed by atoms with van der Waals surface area (Å²) in [4.78, 5) is 0. The van der Waals surface area contributed by atoms with Crippen LogP contribution in [0.4, 0.5) is 0 Å². The van der Waals surface area contributed by atoms with Crippen LogP contribution in [0.3, 0.4) is 0 Å². The summed E-state index contributed by atoms with van der Waals surface area (Å²) in [6.45, 7) is 0. The molecule has 1 heteroatoms. The summed E-state index contributed by atoms with van der Waals surface area (Å²) in [5.74, 6) is 8.07. The number of hydrogen-bond acceptors (Lipinski definition) is 1. The van der Waals surface area contributed by atoms with E-state index in [9.17, 15) is 5.11 Å². The number of aliphatic hydroxyl groups is 1. The lowest BCUT2D eigenvalue weighted by Gasteiger charge is -2.42. The third-order valence-corrected chi connectivity index (χ3v) is 7.35. The van der Waals surface area contributed by atoms with Gasteiger partial charge in [-0.25, -0.2) is 0 Å². The van der Waals surface area contributed by atoms with Crippen LogP contribution in [-0.4, -0.2) is 11.2 Å². The Morgan fingerprint density at radius 2 is 1.44 bits per heavy atom. The first-order valence-electron chi connectivity index (χ1n) is 7.52. The number of fused-ring (bicyclic) bond motifs is 12. The molecule has 16 heavy (non-hydrogen) atoms. The van der Waals surface area contributed by atoms with Gasteiger partial charge in [0.2, 0.25) is 0 Å². The Bertz CT molecular complexity index is 338. The van der Waals surface area contributed by atoms with E-state index in [-0.39, 0.29) is 6.10 Å². The molecule has 0 radical (unpaired) electrons. The van der Waals surface area contributed by atoms with Gasteiger partial charge < -0.3 is 5.11 Å². The van der Waals surface area contributed by atoms with E-state index in [4.69, 9.17) is 0 Å². The molecule has 0 heterocycles. The second kappa shape index (κ2) is 2.68. The maximum atomic E-state index is 10.1. The first-order valence-corrected chi connectivity index (χ1v) is 7.52. The third-order valence-electron chi connectivity index (χ3n) is 7.35. The zero-order chi connectivity index (χ0) is 10.4. The average molecular weight is 218 g/mol. The van der Waals surface area contributed by atoms with Crippen molar-refractivity contribution in [2.24, 2.45) is 47.3 Å². The van der Waals surface area contributed by atoms with Crippen LogP contribution in [0.25, 0.3) is 0 Å². The molecular weight excluding hydrogens is 196 g/mol. The summed E-state index contributed by atoms with van der Waals surface area (Å²) in [5.41, 5.74) is 0. The second-order valence-electron chi connectivity index (χ2n) is 7.44. The molecule has 2 unspecified atom stereocenters. The van der Waals surface area contributed by atoms with Crippen LogP contribution in [0, 0.1) is 47.3 Å². The van der Waals surface area contributed by atoms with Gasteiger partial charge in [0.05, 0.1) is 6.10 Å². The fourth-order valence-corrected chi connectivity index (χ4v) is 7.28. The van der Waals surface area contributed by atoms with Crippen LogP contribution in [0.1, 0.15) is 38.5 Å². The number of aliphatic hydroxyl groups excluding tert-OH is 1. The lowest BCUT2D eigenvalue weighted by molar-refractivity contribution is -0.000102. The van der Waals surface area contributed by atoms with Crippen LogP contribution in [0.2, 0.25) is 0 Å². The maximum Gasteiger partial charge on any atom is 0.0574 e. The van der Waals surface area contributed by atoms with Gasteiger partial charge in [0.15, 0.2) is 0 Å². The van der Waals surface area contributed by atoms with E-state index >= 15 is 0 Å². The Hall–Kier alpha value is -0.0400. The normalized spacial score (nSPS) is 69.9. The van der Waals surface area contributed by atoms with E-state index in [1.54, 1.807) is 12.8 Å². The quantitative estimate of drug-likeness (QED) is 0.620. The van der Waals surface area contributed by atoms with Crippen molar-refractivity contribution in [3.8, 4) is 0 Å². The van der Waals surface area contributed by atoms with Crippen molar-refractivity contribution in [1.29, 1.82) is 0 Å². The summed E-state index contributed by atoms with van der Waals surface area (Å²) in [6, 6.07) is 0. The third kappa shape index (κ3) is 0.805. The Morgan fingerprint density at radius 1 is 0.688 bits per heavy atom. The van der Waals surface area contributed by atoms with Gasteiger partial charge in [0.1, 0.15) is 0 Å². The molecule has 0 aromatic heterocycles. The first-order chi connectivity index (χ1) is 7.84. The highest BCUT2D eigenvalue weighted by molar-refractivity contribution is 5.15. The van der Waals surface area contributed by atoms with E-state index < -0.39 is 0 Å². The smallest absolute Gasteiger partial charge is 0.0574 e. The fraction of sp³-hybridized carbons (Fsp3) is 1.00. The summed E-state index contributed by atoms with van der Waals surface area (Å²) < 4.78 is 0. The van der Waals surface area contributed by atoms with Crippen molar-refractivity contribution >= 4 is 0 Å². The lowest BCUT2D eigenvalue weighted by atomic mass is 9.64. The minimum absolute atomic E-state index is 0.0884. The Kier molecular flexibility index (Phi) is 1.50. The van der Waals surface area contributed by atoms with Crippen molar-refractivity contribution in [3.63, 3.8) is 0 Å². The van der Waals surface area contributed by atoms with Gasteiger partial charge in [-0.2, -0.15) is 0 Å². The molecule has 1 N–H and O–H groups in total. The van der Waals surface area contributed by atoms with E-state index in [1.807, 2.05) is 0 Å². The highest BCUT2D eigenvalue weighted by Crippen LogP contribution is 2.72. The van der Waals surface area contributed by atoms with Gasteiger partial charge in [-0.3, -0.25) is 0 Å². The zero-order valence-corrected chi connectivity index (χ0v) is 9.89. The molecule has 5 rings (SSSR count). The molecule has 4 bridgehead atoms. The standard InChI is InChI=1S/C15H22O/c16-13-5-7-4-12(13)15-11-6-10(14(7)15)8-2-1-3-9(8)11/h7-16H,1-6H2/t7-,8-,9+,10+,11-,12+,13+,14?,15?/m1/s1. The molecule has 9 atom stereocenters. The topological polar surface area (TPSA) is 20.2 Å². The predicted octanol–water partition coefficient (Wildman–Crippen LogP) is 2.69. The molecular formula is C15H22O. The van der Waals surface area contributed by atoms with Crippen molar-refractivity contribution in [2.75, 3.05) is 0 Å². The van der Waals surface area contributed by atoms with Crippen LogP contribution in [0.5, 0.6) is 0 Å².